The van der Waals surface area contributed by atoms with Gasteiger partial charge in [0.1, 0.15) is 5.82 Å². The molecule has 0 bridgehead atoms. The summed E-state index contributed by atoms with van der Waals surface area (Å²) in [4.78, 5) is 40.8. The Morgan fingerprint density at radius 2 is 1.71 bits per heavy atom. The molecule has 7 nitrogen and oxygen atoms in total. The normalized spacial score (nSPS) is 21.5. The predicted molar refractivity (Wildman–Crippen MR) is 136 cm³/mol. The first-order chi connectivity index (χ1) is 17.0. The van der Waals surface area contributed by atoms with Gasteiger partial charge in [-0.3, -0.25) is 9.59 Å². The Kier molecular flexibility index (Phi) is 5.31. The minimum absolute atomic E-state index is 0.0948. The minimum atomic E-state index is 0.0948. The molecule has 2 saturated heterocycles. The molecule has 1 unspecified atom stereocenters. The van der Waals surface area contributed by atoms with Crippen molar-refractivity contribution in [3.63, 3.8) is 0 Å². The van der Waals surface area contributed by atoms with Crippen molar-refractivity contribution in [3.05, 3.63) is 59.4 Å². The van der Waals surface area contributed by atoms with Crippen LogP contribution in [0.25, 0.3) is 10.9 Å². The molecule has 182 valence electrons. The Hall–Kier alpha value is -3.35. The Morgan fingerprint density at radius 3 is 2.43 bits per heavy atom. The molecule has 6 rings (SSSR count). The van der Waals surface area contributed by atoms with Gasteiger partial charge >= 0.3 is 0 Å². The number of benzene rings is 1. The second-order valence-corrected chi connectivity index (χ2v) is 10.5. The molecule has 3 aliphatic rings. The number of piperazine rings is 1. The summed E-state index contributed by atoms with van der Waals surface area (Å²) in [5.41, 5.74) is 4.10. The lowest BCUT2D eigenvalue weighted by Gasteiger charge is -2.37. The van der Waals surface area contributed by atoms with Gasteiger partial charge in [-0.15, -0.1) is 0 Å². The molecule has 35 heavy (non-hydrogen) atoms. The number of nitrogens with one attached hydrogen (secondary N) is 1. The van der Waals surface area contributed by atoms with Crippen LogP contribution in [0.3, 0.4) is 0 Å². The SMILES string of the molecule is Cc1[nH]c2c(C(=O)N3CCC4(CC3)CC4C(=O)N3CCN(c4ccccn4)CC3)cccc2c1C. The third-order valence-electron chi connectivity index (χ3n) is 8.67. The molecule has 1 aromatic carbocycles. The standard InChI is InChI=1S/C28H33N5O2/c1-19-20(2)30-25-21(19)6-5-7-22(25)26(34)32-12-9-28(10-13-32)18-23(28)27(35)33-16-14-31(15-17-33)24-8-3-4-11-29-24/h3-8,11,23,30H,9-10,12-18H2,1-2H3. The fraction of sp³-hybridized carbons (Fsp3) is 0.464. The lowest BCUT2D eigenvalue weighted by Crippen LogP contribution is -2.50. The van der Waals surface area contributed by atoms with Crippen molar-refractivity contribution in [1.29, 1.82) is 0 Å². The highest BCUT2D eigenvalue weighted by Gasteiger charge is 2.59. The molecule has 3 aromatic rings. The van der Waals surface area contributed by atoms with Crippen molar-refractivity contribution in [2.75, 3.05) is 44.2 Å². The van der Waals surface area contributed by atoms with Gasteiger partial charge in [0.2, 0.25) is 5.91 Å². The van der Waals surface area contributed by atoms with Crippen LogP contribution in [0, 0.1) is 25.2 Å². The molecule has 7 heteroatoms. The van der Waals surface area contributed by atoms with Crippen LogP contribution in [0.1, 0.15) is 40.9 Å². The smallest absolute Gasteiger partial charge is 0.255 e. The zero-order valence-electron chi connectivity index (χ0n) is 20.6. The molecule has 1 atom stereocenters. The van der Waals surface area contributed by atoms with Crippen molar-refractivity contribution in [1.82, 2.24) is 19.8 Å². The van der Waals surface area contributed by atoms with Gasteiger partial charge in [-0.2, -0.15) is 0 Å². The third-order valence-corrected chi connectivity index (χ3v) is 8.67. The number of fused-ring (bicyclic) bond motifs is 1. The zero-order chi connectivity index (χ0) is 24.2. The van der Waals surface area contributed by atoms with E-state index in [0.29, 0.717) is 5.91 Å². The van der Waals surface area contributed by atoms with Gasteiger partial charge in [0.25, 0.3) is 5.91 Å². The molecule has 2 amide bonds. The zero-order valence-corrected chi connectivity index (χ0v) is 20.6. The van der Waals surface area contributed by atoms with E-state index in [9.17, 15) is 9.59 Å². The highest BCUT2D eigenvalue weighted by atomic mass is 16.2. The maximum Gasteiger partial charge on any atom is 0.255 e. The Bertz CT molecular complexity index is 1270. The molecular weight excluding hydrogens is 438 g/mol. The predicted octanol–water partition coefficient (Wildman–Crippen LogP) is 3.77. The van der Waals surface area contributed by atoms with Crippen molar-refractivity contribution < 1.29 is 9.59 Å². The number of piperidine rings is 1. The molecule has 2 aromatic heterocycles. The first-order valence-electron chi connectivity index (χ1n) is 12.8. The number of pyridine rings is 1. The summed E-state index contributed by atoms with van der Waals surface area (Å²) in [6.45, 7) is 8.77. The monoisotopic (exact) mass is 471 g/mol. The van der Waals surface area contributed by atoms with Crippen molar-refractivity contribution >= 4 is 28.5 Å². The average Bonchev–Trinajstić information content (AvgIpc) is 3.52. The number of rotatable bonds is 3. The Morgan fingerprint density at radius 1 is 0.943 bits per heavy atom. The fourth-order valence-electron chi connectivity index (χ4n) is 6.15. The van der Waals surface area contributed by atoms with Crippen LogP contribution in [0.5, 0.6) is 0 Å². The van der Waals surface area contributed by atoms with Crippen molar-refractivity contribution in [3.8, 4) is 0 Å². The van der Waals surface area contributed by atoms with Gasteiger partial charge in [0, 0.05) is 62.5 Å². The number of hydrogen-bond donors (Lipinski definition) is 1. The number of aryl methyl sites for hydroxylation is 2. The number of para-hydroxylation sites is 1. The van der Waals surface area contributed by atoms with Gasteiger partial charge in [0.05, 0.1) is 11.1 Å². The summed E-state index contributed by atoms with van der Waals surface area (Å²) in [5, 5.41) is 1.12. The molecule has 1 saturated carbocycles. The molecule has 0 radical (unpaired) electrons. The second kappa shape index (κ2) is 8.40. The number of likely N-dealkylation sites (tertiary alicyclic amines) is 1. The molecular formula is C28H33N5O2. The summed E-state index contributed by atoms with van der Waals surface area (Å²) < 4.78 is 0. The van der Waals surface area contributed by atoms with Gasteiger partial charge in [-0.05, 0) is 62.3 Å². The first-order valence-corrected chi connectivity index (χ1v) is 12.8. The van der Waals surface area contributed by atoms with E-state index in [1.165, 1.54) is 5.56 Å². The van der Waals surface area contributed by atoms with E-state index in [4.69, 9.17) is 0 Å². The van der Waals surface area contributed by atoms with Crippen molar-refractivity contribution in [2.24, 2.45) is 11.3 Å². The number of carbonyl (C=O) groups excluding carboxylic acids is 2. The molecule has 4 heterocycles. The summed E-state index contributed by atoms with van der Waals surface area (Å²) in [6, 6.07) is 11.9. The maximum atomic E-state index is 13.4. The number of amides is 2. The minimum Gasteiger partial charge on any atom is -0.358 e. The third kappa shape index (κ3) is 3.77. The van der Waals surface area contributed by atoms with Crippen LogP contribution in [0.15, 0.2) is 42.6 Å². The lowest BCUT2D eigenvalue weighted by atomic mass is 9.90. The number of nitrogens with zero attached hydrogens (tertiary/aromatic N) is 4. The van der Waals surface area contributed by atoms with Crippen LogP contribution in [-0.2, 0) is 4.79 Å². The molecule has 2 aliphatic heterocycles. The van der Waals surface area contributed by atoms with E-state index in [-0.39, 0.29) is 17.2 Å². The van der Waals surface area contributed by atoms with Gasteiger partial charge in [-0.25, -0.2) is 4.98 Å². The van der Waals surface area contributed by atoms with E-state index in [1.807, 2.05) is 46.3 Å². The molecule has 3 fully saturated rings. The van der Waals surface area contributed by atoms with Gasteiger partial charge in [0.15, 0.2) is 0 Å². The van der Waals surface area contributed by atoms with Gasteiger partial charge in [-0.1, -0.05) is 18.2 Å². The topological polar surface area (TPSA) is 72.5 Å². The van der Waals surface area contributed by atoms with Crippen molar-refractivity contribution in [2.45, 2.75) is 33.1 Å². The number of anilines is 1. The highest BCUT2D eigenvalue weighted by Crippen LogP contribution is 2.60. The van der Waals surface area contributed by atoms with E-state index >= 15 is 0 Å². The van der Waals surface area contributed by atoms with E-state index in [2.05, 4.69) is 34.8 Å². The summed E-state index contributed by atoms with van der Waals surface area (Å²) in [6.07, 6.45) is 4.63. The number of hydrogen-bond acceptors (Lipinski definition) is 4. The first kappa shape index (κ1) is 22.1. The fourth-order valence-corrected chi connectivity index (χ4v) is 6.15. The Labute approximate surface area is 206 Å². The summed E-state index contributed by atoms with van der Waals surface area (Å²) >= 11 is 0. The second-order valence-electron chi connectivity index (χ2n) is 10.5. The molecule has 1 N–H and O–H groups in total. The number of carbonyl (C=O) groups is 2. The quantitative estimate of drug-likeness (QED) is 0.631. The molecule has 1 aliphatic carbocycles. The average molecular weight is 472 g/mol. The number of aromatic amines is 1. The maximum absolute atomic E-state index is 13.4. The summed E-state index contributed by atoms with van der Waals surface area (Å²) in [5.74, 6) is 1.52. The number of H-pyrrole nitrogens is 1. The van der Waals surface area contributed by atoms with Crippen LogP contribution >= 0.6 is 0 Å². The van der Waals surface area contributed by atoms with Crippen LogP contribution in [0.2, 0.25) is 0 Å². The van der Waals surface area contributed by atoms with E-state index < -0.39 is 0 Å². The van der Waals surface area contributed by atoms with Gasteiger partial charge < -0.3 is 19.7 Å². The largest absolute Gasteiger partial charge is 0.358 e. The lowest BCUT2D eigenvalue weighted by molar-refractivity contribution is -0.134. The molecule has 1 spiro atoms. The Balaban J connectivity index is 1.06. The number of aromatic nitrogens is 2. The van der Waals surface area contributed by atoms with Crippen LogP contribution in [-0.4, -0.2) is 70.9 Å². The van der Waals surface area contributed by atoms with Crippen LogP contribution < -0.4 is 4.90 Å². The highest BCUT2D eigenvalue weighted by molar-refractivity contribution is 6.06. The van der Waals surface area contributed by atoms with Crippen LogP contribution in [0.4, 0.5) is 5.82 Å². The summed E-state index contributed by atoms with van der Waals surface area (Å²) in [7, 11) is 0. The van der Waals surface area contributed by atoms with E-state index in [1.54, 1.807) is 0 Å². The van der Waals surface area contributed by atoms with E-state index in [0.717, 1.165) is 86.5 Å².